The Kier molecular flexibility index (Phi) is 6.62. The monoisotopic (exact) mass is 414 g/mol. The predicted octanol–water partition coefficient (Wildman–Crippen LogP) is 4.30. The summed E-state index contributed by atoms with van der Waals surface area (Å²) >= 11 is 0. The fourth-order valence-electron chi connectivity index (χ4n) is 3.69. The number of para-hydroxylation sites is 1. The van der Waals surface area contributed by atoms with Crippen molar-refractivity contribution in [2.45, 2.75) is 25.5 Å². The minimum atomic E-state index is -0.0568. The van der Waals surface area contributed by atoms with Gasteiger partial charge in [0, 0.05) is 30.3 Å². The van der Waals surface area contributed by atoms with E-state index in [0.717, 1.165) is 24.2 Å². The first-order valence-corrected chi connectivity index (χ1v) is 10.6. The number of nitrogens with zero attached hydrogens (tertiary/aromatic N) is 1. The summed E-state index contributed by atoms with van der Waals surface area (Å²) in [6, 6.07) is 26.6. The van der Waals surface area contributed by atoms with Gasteiger partial charge in [0.1, 0.15) is 12.4 Å². The van der Waals surface area contributed by atoms with Crippen LogP contribution in [0.1, 0.15) is 39.1 Å². The first kappa shape index (κ1) is 20.7. The molecule has 1 fully saturated rings. The molecule has 3 aromatic carbocycles. The Hall–Kier alpha value is -3.60. The molecule has 3 aromatic rings. The van der Waals surface area contributed by atoms with Gasteiger partial charge in [0.15, 0.2) is 0 Å². The second-order valence-corrected chi connectivity index (χ2v) is 7.70. The quantitative estimate of drug-likeness (QED) is 0.654. The number of likely N-dealkylation sites (tertiary alicyclic amines) is 1. The van der Waals surface area contributed by atoms with Crippen LogP contribution in [0.3, 0.4) is 0 Å². The minimum Gasteiger partial charge on any atom is -0.489 e. The maximum Gasteiger partial charge on any atom is 0.253 e. The molecule has 31 heavy (non-hydrogen) atoms. The van der Waals surface area contributed by atoms with E-state index in [2.05, 4.69) is 5.32 Å². The zero-order valence-electron chi connectivity index (χ0n) is 17.4. The highest BCUT2D eigenvalue weighted by Gasteiger charge is 2.24. The fraction of sp³-hybridized carbons (Fsp3) is 0.231. The van der Waals surface area contributed by atoms with E-state index in [1.54, 1.807) is 0 Å². The predicted molar refractivity (Wildman–Crippen MR) is 120 cm³/mol. The normalized spacial score (nSPS) is 14.1. The maximum absolute atomic E-state index is 12.8. The van der Waals surface area contributed by atoms with E-state index >= 15 is 0 Å². The topological polar surface area (TPSA) is 58.6 Å². The van der Waals surface area contributed by atoms with Gasteiger partial charge in [-0.1, -0.05) is 48.5 Å². The van der Waals surface area contributed by atoms with Crippen LogP contribution in [0.4, 0.5) is 0 Å². The van der Waals surface area contributed by atoms with Gasteiger partial charge >= 0.3 is 0 Å². The number of rotatable bonds is 6. The third kappa shape index (κ3) is 5.51. The summed E-state index contributed by atoms with van der Waals surface area (Å²) < 4.78 is 5.75. The molecule has 0 bridgehead atoms. The second-order valence-electron chi connectivity index (χ2n) is 7.70. The molecule has 0 aliphatic carbocycles. The van der Waals surface area contributed by atoms with E-state index in [-0.39, 0.29) is 17.9 Å². The van der Waals surface area contributed by atoms with Crippen LogP contribution < -0.4 is 10.1 Å². The highest BCUT2D eigenvalue weighted by atomic mass is 16.5. The Labute approximate surface area is 182 Å². The van der Waals surface area contributed by atoms with Crippen molar-refractivity contribution in [1.29, 1.82) is 0 Å². The van der Waals surface area contributed by atoms with Crippen LogP contribution in [0.5, 0.6) is 5.75 Å². The number of ether oxygens (including phenoxy) is 1. The number of benzene rings is 3. The summed E-state index contributed by atoms with van der Waals surface area (Å²) in [5.74, 6) is 0.798. The highest BCUT2D eigenvalue weighted by molar-refractivity contribution is 5.95. The summed E-state index contributed by atoms with van der Waals surface area (Å²) in [5.41, 5.74) is 2.36. The summed E-state index contributed by atoms with van der Waals surface area (Å²) in [6.45, 7) is 1.74. The van der Waals surface area contributed by atoms with Crippen LogP contribution in [-0.4, -0.2) is 35.8 Å². The van der Waals surface area contributed by atoms with Crippen LogP contribution >= 0.6 is 0 Å². The molecule has 0 radical (unpaired) electrons. The van der Waals surface area contributed by atoms with Crippen LogP contribution in [0.15, 0.2) is 84.9 Å². The second kappa shape index (κ2) is 9.94. The summed E-state index contributed by atoms with van der Waals surface area (Å²) in [5, 5.41) is 3.08. The number of carbonyl (C=O) groups excluding carboxylic acids is 2. The average molecular weight is 415 g/mol. The Balaban J connectivity index is 1.26. The Morgan fingerprint density at radius 1 is 0.806 bits per heavy atom. The Morgan fingerprint density at radius 3 is 2.06 bits per heavy atom. The first-order valence-electron chi connectivity index (χ1n) is 10.6. The summed E-state index contributed by atoms with van der Waals surface area (Å²) in [4.78, 5) is 27.0. The average Bonchev–Trinajstić information content (AvgIpc) is 2.84. The highest BCUT2D eigenvalue weighted by Crippen LogP contribution is 2.17. The number of nitrogens with one attached hydrogen (secondary N) is 1. The lowest BCUT2D eigenvalue weighted by atomic mass is 10.0. The summed E-state index contributed by atoms with van der Waals surface area (Å²) in [7, 11) is 0. The standard InChI is InChI=1S/C26H26N2O3/c29-25(21-7-3-1-4-8-21)27-23-15-17-28(18-16-23)26(30)22-13-11-20(12-14-22)19-31-24-9-5-2-6-10-24/h1-14,23H,15-19H2,(H,27,29). The number of amides is 2. The molecule has 2 amide bonds. The molecule has 0 aromatic heterocycles. The molecule has 0 atom stereocenters. The van der Waals surface area contributed by atoms with Gasteiger partial charge in [-0.25, -0.2) is 0 Å². The lowest BCUT2D eigenvalue weighted by Crippen LogP contribution is -2.46. The lowest BCUT2D eigenvalue weighted by molar-refractivity contribution is 0.0698. The van der Waals surface area contributed by atoms with Crippen molar-refractivity contribution in [2.24, 2.45) is 0 Å². The van der Waals surface area contributed by atoms with Crippen molar-refractivity contribution in [1.82, 2.24) is 10.2 Å². The zero-order valence-corrected chi connectivity index (χ0v) is 17.4. The molecule has 0 spiro atoms. The van der Waals surface area contributed by atoms with Crippen molar-refractivity contribution in [2.75, 3.05) is 13.1 Å². The number of carbonyl (C=O) groups is 2. The number of hydrogen-bond acceptors (Lipinski definition) is 3. The Bertz CT molecular complexity index is 996. The van der Waals surface area contributed by atoms with Crippen molar-refractivity contribution in [3.8, 4) is 5.75 Å². The van der Waals surface area contributed by atoms with Crippen LogP contribution in [0, 0.1) is 0 Å². The van der Waals surface area contributed by atoms with Gasteiger partial charge in [-0.3, -0.25) is 9.59 Å². The molecule has 1 N–H and O–H groups in total. The van der Waals surface area contributed by atoms with Crippen LogP contribution in [0.25, 0.3) is 0 Å². The van der Waals surface area contributed by atoms with Crippen LogP contribution in [0.2, 0.25) is 0 Å². The third-order valence-corrected chi connectivity index (χ3v) is 5.50. The van der Waals surface area contributed by atoms with Gasteiger partial charge in [-0.15, -0.1) is 0 Å². The van der Waals surface area contributed by atoms with E-state index in [4.69, 9.17) is 4.74 Å². The molecule has 1 heterocycles. The van der Waals surface area contributed by atoms with Gasteiger partial charge < -0.3 is 15.0 Å². The van der Waals surface area contributed by atoms with E-state index in [1.165, 1.54) is 0 Å². The number of piperidine rings is 1. The summed E-state index contributed by atoms with van der Waals surface area (Å²) in [6.07, 6.45) is 1.51. The van der Waals surface area contributed by atoms with E-state index in [1.807, 2.05) is 89.8 Å². The molecule has 1 saturated heterocycles. The molecule has 158 valence electrons. The number of hydrogen-bond donors (Lipinski definition) is 1. The lowest BCUT2D eigenvalue weighted by Gasteiger charge is -2.32. The molecule has 0 unspecified atom stereocenters. The molecular formula is C26H26N2O3. The molecule has 1 aliphatic rings. The largest absolute Gasteiger partial charge is 0.489 e. The first-order chi connectivity index (χ1) is 15.2. The van der Waals surface area contributed by atoms with Gasteiger partial charge in [0.05, 0.1) is 0 Å². The minimum absolute atomic E-state index is 0.0309. The Morgan fingerprint density at radius 2 is 1.42 bits per heavy atom. The van der Waals surface area contributed by atoms with Gasteiger partial charge in [-0.05, 0) is 54.8 Å². The third-order valence-electron chi connectivity index (χ3n) is 5.50. The van der Waals surface area contributed by atoms with Gasteiger partial charge in [0.25, 0.3) is 11.8 Å². The molecule has 5 nitrogen and oxygen atoms in total. The molecular weight excluding hydrogens is 388 g/mol. The van der Waals surface area contributed by atoms with Crippen molar-refractivity contribution in [3.63, 3.8) is 0 Å². The van der Waals surface area contributed by atoms with Crippen molar-refractivity contribution >= 4 is 11.8 Å². The fourth-order valence-corrected chi connectivity index (χ4v) is 3.69. The van der Waals surface area contributed by atoms with E-state index in [0.29, 0.717) is 30.8 Å². The van der Waals surface area contributed by atoms with Gasteiger partial charge in [0.2, 0.25) is 0 Å². The van der Waals surface area contributed by atoms with E-state index < -0.39 is 0 Å². The molecule has 0 saturated carbocycles. The smallest absolute Gasteiger partial charge is 0.253 e. The van der Waals surface area contributed by atoms with E-state index in [9.17, 15) is 9.59 Å². The van der Waals surface area contributed by atoms with Gasteiger partial charge in [-0.2, -0.15) is 0 Å². The molecule has 5 heteroatoms. The van der Waals surface area contributed by atoms with Crippen LogP contribution in [-0.2, 0) is 6.61 Å². The maximum atomic E-state index is 12.8. The zero-order chi connectivity index (χ0) is 21.5. The molecule has 1 aliphatic heterocycles. The molecule has 4 rings (SSSR count). The van der Waals surface area contributed by atoms with Crippen molar-refractivity contribution < 1.29 is 14.3 Å². The SMILES string of the molecule is O=C(NC1CCN(C(=O)c2ccc(COc3ccccc3)cc2)CC1)c1ccccc1. The van der Waals surface area contributed by atoms with Crippen molar-refractivity contribution in [3.05, 3.63) is 102 Å².